The zero-order valence-corrected chi connectivity index (χ0v) is 16.6. The number of aliphatic imine (C=N–C) groups is 1. The predicted octanol–water partition coefficient (Wildman–Crippen LogP) is 3.76. The molecule has 2 atom stereocenters. The molecule has 1 heterocycles. The highest BCUT2D eigenvalue weighted by Gasteiger charge is 2.35. The van der Waals surface area contributed by atoms with Crippen LogP contribution in [-0.2, 0) is 11.2 Å². The van der Waals surface area contributed by atoms with Crippen LogP contribution in [0.15, 0.2) is 29.3 Å². The maximum atomic E-state index is 13.2. The lowest BCUT2D eigenvalue weighted by atomic mass is 9.78. The summed E-state index contributed by atoms with van der Waals surface area (Å²) in [5, 5.41) is 6.80. The molecular formula is C21H34FN3O. The van der Waals surface area contributed by atoms with Gasteiger partial charge in [-0.2, -0.15) is 0 Å². The Hall–Kier alpha value is -1.62. The van der Waals surface area contributed by atoms with E-state index in [2.05, 4.69) is 36.4 Å². The van der Waals surface area contributed by atoms with Gasteiger partial charge in [-0.1, -0.05) is 32.9 Å². The van der Waals surface area contributed by atoms with Crippen LogP contribution < -0.4 is 10.6 Å². The Labute approximate surface area is 157 Å². The summed E-state index contributed by atoms with van der Waals surface area (Å²) in [5.41, 5.74) is 1.18. The monoisotopic (exact) mass is 363 g/mol. The van der Waals surface area contributed by atoms with Crippen LogP contribution in [0.5, 0.6) is 0 Å². The van der Waals surface area contributed by atoms with E-state index in [0.717, 1.165) is 50.5 Å². The predicted molar refractivity (Wildman–Crippen MR) is 106 cm³/mol. The van der Waals surface area contributed by atoms with Gasteiger partial charge >= 0.3 is 0 Å². The van der Waals surface area contributed by atoms with Crippen LogP contribution in [0.2, 0.25) is 0 Å². The Morgan fingerprint density at radius 3 is 2.81 bits per heavy atom. The number of ether oxygens (including phenoxy) is 1. The molecule has 2 unspecified atom stereocenters. The second-order valence-electron chi connectivity index (χ2n) is 8.17. The molecule has 0 spiro atoms. The second kappa shape index (κ2) is 9.91. The summed E-state index contributed by atoms with van der Waals surface area (Å²) in [6.07, 6.45) is 4.37. The van der Waals surface area contributed by atoms with Gasteiger partial charge < -0.3 is 15.4 Å². The number of nitrogens with one attached hydrogen (secondary N) is 2. The van der Waals surface area contributed by atoms with Gasteiger partial charge in [-0.15, -0.1) is 0 Å². The Balaban J connectivity index is 1.73. The number of hydrogen-bond acceptors (Lipinski definition) is 2. The number of nitrogens with zero attached hydrogens (tertiary/aromatic N) is 1. The third kappa shape index (κ3) is 6.60. The Kier molecular flexibility index (Phi) is 7.88. The Morgan fingerprint density at radius 2 is 2.12 bits per heavy atom. The molecule has 146 valence electrons. The standard InChI is InChI=1S/C21H34FN3O/c1-21(2,3)19-17(10-7-13-26-19)15-25-20(23-4)24-12-6-9-16-8-5-11-18(22)14-16/h5,8,11,14,17,19H,6-7,9-10,12-13,15H2,1-4H3,(H2,23,24,25). The molecule has 26 heavy (non-hydrogen) atoms. The van der Waals surface area contributed by atoms with Crippen molar-refractivity contribution >= 4 is 5.96 Å². The van der Waals surface area contributed by atoms with E-state index in [4.69, 9.17) is 4.74 Å². The summed E-state index contributed by atoms with van der Waals surface area (Å²) in [4.78, 5) is 4.31. The summed E-state index contributed by atoms with van der Waals surface area (Å²) < 4.78 is 19.2. The molecule has 0 amide bonds. The summed E-state index contributed by atoms with van der Waals surface area (Å²) in [7, 11) is 1.79. The molecule has 1 fully saturated rings. The van der Waals surface area contributed by atoms with Crippen molar-refractivity contribution in [3.05, 3.63) is 35.6 Å². The highest BCUT2D eigenvalue weighted by atomic mass is 19.1. The van der Waals surface area contributed by atoms with Crippen molar-refractivity contribution in [3.63, 3.8) is 0 Å². The Bertz CT molecular complexity index is 583. The van der Waals surface area contributed by atoms with E-state index >= 15 is 0 Å². The number of hydrogen-bond donors (Lipinski definition) is 2. The van der Waals surface area contributed by atoms with Crippen LogP contribution in [0.3, 0.4) is 0 Å². The number of rotatable bonds is 6. The topological polar surface area (TPSA) is 45.7 Å². The number of aryl methyl sites for hydroxylation is 1. The molecule has 0 aromatic heterocycles. The van der Waals surface area contributed by atoms with Crippen molar-refractivity contribution < 1.29 is 9.13 Å². The molecule has 5 heteroatoms. The fourth-order valence-electron chi connectivity index (χ4n) is 3.65. The van der Waals surface area contributed by atoms with Crippen molar-refractivity contribution in [2.75, 3.05) is 26.7 Å². The first-order valence-corrected chi connectivity index (χ1v) is 9.70. The van der Waals surface area contributed by atoms with E-state index in [9.17, 15) is 4.39 Å². The van der Waals surface area contributed by atoms with Gasteiger partial charge in [-0.05, 0) is 48.8 Å². The summed E-state index contributed by atoms with van der Waals surface area (Å²) in [6, 6.07) is 6.80. The van der Waals surface area contributed by atoms with Gasteiger partial charge in [-0.3, -0.25) is 4.99 Å². The van der Waals surface area contributed by atoms with Crippen molar-refractivity contribution in [1.82, 2.24) is 10.6 Å². The molecule has 4 nitrogen and oxygen atoms in total. The smallest absolute Gasteiger partial charge is 0.190 e. The van der Waals surface area contributed by atoms with Crippen molar-refractivity contribution in [1.29, 1.82) is 0 Å². The van der Waals surface area contributed by atoms with Crippen molar-refractivity contribution in [3.8, 4) is 0 Å². The SMILES string of the molecule is CN=C(NCCCc1cccc(F)c1)NCC1CCCOC1C(C)(C)C. The second-order valence-corrected chi connectivity index (χ2v) is 8.17. The largest absolute Gasteiger partial charge is 0.377 e. The minimum atomic E-state index is -0.170. The number of benzene rings is 1. The fraction of sp³-hybridized carbons (Fsp3) is 0.667. The highest BCUT2D eigenvalue weighted by molar-refractivity contribution is 5.79. The average molecular weight is 364 g/mol. The van der Waals surface area contributed by atoms with E-state index in [1.165, 1.54) is 12.5 Å². The average Bonchev–Trinajstić information content (AvgIpc) is 2.60. The molecule has 0 saturated carbocycles. The van der Waals surface area contributed by atoms with Gasteiger partial charge in [0.25, 0.3) is 0 Å². The van der Waals surface area contributed by atoms with E-state index < -0.39 is 0 Å². The van der Waals surface area contributed by atoms with Crippen LogP contribution in [-0.4, -0.2) is 38.8 Å². The van der Waals surface area contributed by atoms with Crippen LogP contribution in [0.4, 0.5) is 4.39 Å². The summed E-state index contributed by atoms with van der Waals surface area (Å²) in [6.45, 7) is 9.28. The van der Waals surface area contributed by atoms with Crippen molar-refractivity contribution in [2.45, 2.75) is 52.6 Å². The number of guanidine groups is 1. The summed E-state index contributed by atoms with van der Waals surface area (Å²) in [5.74, 6) is 1.15. The first kappa shape index (κ1) is 20.7. The van der Waals surface area contributed by atoms with Gasteiger partial charge in [0.2, 0.25) is 0 Å². The van der Waals surface area contributed by atoms with Gasteiger partial charge in [0, 0.05) is 32.7 Å². The molecule has 2 rings (SSSR count). The lowest BCUT2D eigenvalue weighted by Crippen LogP contribution is -2.47. The molecule has 1 aliphatic rings. The van der Waals surface area contributed by atoms with Gasteiger partial charge in [-0.25, -0.2) is 4.39 Å². The van der Waals surface area contributed by atoms with E-state index in [-0.39, 0.29) is 17.3 Å². The molecule has 1 saturated heterocycles. The minimum absolute atomic E-state index is 0.147. The van der Waals surface area contributed by atoms with Crippen LogP contribution in [0.25, 0.3) is 0 Å². The molecular weight excluding hydrogens is 329 g/mol. The van der Waals surface area contributed by atoms with Crippen LogP contribution in [0.1, 0.15) is 45.6 Å². The molecule has 0 aliphatic carbocycles. The molecule has 1 aliphatic heterocycles. The third-order valence-corrected chi connectivity index (χ3v) is 4.88. The highest BCUT2D eigenvalue weighted by Crippen LogP contribution is 2.33. The maximum Gasteiger partial charge on any atom is 0.190 e. The normalized spacial score (nSPS) is 21.5. The molecule has 0 bridgehead atoms. The quantitative estimate of drug-likeness (QED) is 0.459. The first-order valence-electron chi connectivity index (χ1n) is 9.70. The van der Waals surface area contributed by atoms with E-state index in [1.807, 2.05) is 6.07 Å². The van der Waals surface area contributed by atoms with E-state index in [1.54, 1.807) is 19.2 Å². The first-order chi connectivity index (χ1) is 12.4. The van der Waals surface area contributed by atoms with Gasteiger partial charge in [0.05, 0.1) is 6.10 Å². The van der Waals surface area contributed by atoms with Gasteiger partial charge in [0.1, 0.15) is 5.82 Å². The lowest BCUT2D eigenvalue weighted by Gasteiger charge is -2.40. The molecule has 1 aromatic carbocycles. The van der Waals surface area contributed by atoms with Crippen LogP contribution in [0, 0.1) is 17.2 Å². The van der Waals surface area contributed by atoms with Gasteiger partial charge in [0.15, 0.2) is 5.96 Å². The third-order valence-electron chi connectivity index (χ3n) is 4.88. The molecule has 1 aromatic rings. The molecule has 0 radical (unpaired) electrons. The maximum absolute atomic E-state index is 13.2. The zero-order chi connectivity index (χ0) is 19.0. The van der Waals surface area contributed by atoms with E-state index in [0.29, 0.717) is 5.92 Å². The van der Waals surface area contributed by atoms with Crippen LogP contribution >= 0.6 is 0 Å². The van der Waals surface area contributed by atoms with Crippen molar-refractivity contribution in [2.24, 2.45) is 16.3 Å². The molecule has 2 N–H and O–H groups in total. The Morgan fingerprint density at radius 1 is 1.31 bits per heavy atom. The fourth-order valence-corrected chi connectivity index (χ4v) is 3.65. The minimum Gasteiger partial charge on any atom is -0.377 e. The lowest BCUT2D eigenvalue weighted by molar-refractivity contribution is -0.0835. The number of halogens is 1. The zero-order valence-electron chi connectivity index (χ0n) is 16.6. The summed E-state index contributed by atoms with van der Waals surface area (Å²) >= 11 is 0.